The molecule has 0 saturated carbocycles. The van der Waals surface area contributed by atoms with Gasteiger partial charge in [0.2, 0.25) is 0 Å². The number of alkyl halides is 6. The van der Waals surface area contributed by atoms with Crippen molar-refractivity contribution in [3.8, 4) is 22.3 Å². The maximum absolute atomic E-state index is 15.9. The molecule has 2 atom stereocenters. The average Bonchev–Trinajstić information content (AvgIpc) is 3.54. The highest BCUT2D eigenvalue weighted by molar-refractivity contribution is 8.01. The Hall–Kier alpha value is -3.10. The van der Waals surface area contributed by atoms with Crippen molar-refractivity contribution in [2.45, 2.75) is 63.7 Å². The number of hydrogen-bond donors (Lipinski definition) is 0. The Bertz CT molecular complexity index is 1650. The quantitative estimate of drug-likeness (QED) is 0.164. The largest absolute Gasteiger partial charge is 0.380 e. The highest BCUT2D eigenvalue weighted by Crippen LogP contribution is 2.70. The van der Waals surface area contributed by atoms with Crippen LogP contribution in [0.25, 0.3) is 22.3 Å². The number of hydrogen-bond acceptors (Lipinski definition) is 2. The third kappa shape index (κ3) is 4.16. The number of thioether (sulfide) groups is 2. The third-order valence-corrected chi connectivity index (χ3v) is 11.6. The third-order valence-electron chi connectivity index (χ3n) is 8.80. The average molecular weight is 625 g/mol. The molecule has 7 rings (SSSR count). The SMILES string of the molecule is CC1(C2=C(C3(C)Cc4ccc(-c5ccccc5)cc4S3)C(F)(F)C(F)(F)C2(F)F)Cc2ccc(-c3ccccc3)cc2S1. The zero-order chi connectivity index (χ0) is 30.4. The van der Waals surface area contributed by atoms with E-state index in [1.807, 2.05) is 84.9 Å². The second-order valence-electron chi connectivity index (χ2n) is 11.9. The van der Waals surface area contributed by atoms with Crippen LogP contribution in [0.3, 0.4) is 0 Å². The number of halogens is 6. The first-order chi connectivity index (χ1) is 20.3. The highest BCUT2D eigenvalue weighted by atomic mass is 32.2. The lowest BCUT2D eigenvalue weighted by molar-refractivity contribution is -0.266. The minimum atomic E-state index is -5.56. The van der Waals surface area contributed by atoms with Crippen molar-refractivity contribution in [2.75, 3.05) is 0 Å². The van der Waals surface area contributed by atoms with Gasteiger partial charge in [-0.15, -0.1) is 23.5 Å². The Balaban J connectivity index is 1.34. The van der Waals surface area contributed by atoms with E-state index >= 15 is 26.3 Å². The van der Waals surface area contributed by atoms with E-state index in [4.69, 9.17) is 0 Å². The van der Waals surface area contributed by atoms with E-state index in [0.29, 0.717) is 20.9 Å². The predicted molar refractivity (Wildman–Crippen MR) is 162 cm³/mol. The van der Waals surface area contributed by atoms with Crippen LogP contribution in [0.15, 0.2) is 118 Å². The van der Waals surface area contributed by atoms with E-state index < -0.39 is 38.4 Å². The van der Waals surface area contributed by atoms with Gasteiger partial charge in [-0.2, -0.15) is 26.3 Å². The molecule has 0 N–H and O–H groups in total. The summed E-state index contributed by atoms with van der Waals surface area (Å²) in [6.45, 7) is 2.81. The van der Waals surface area contributed by atoms with Crippen molar-refractivity contribution in [1.82, 2.24) is 0 Å². The fourth-order valence-corrected chi connectivity index (χ4v) is 9.80. The van der Waals surface area contributed by atoms with Crippen LogP contribution >= 0.6 is 23.5 Å². The van der Waals surface area contributed by atoms with Gasteiger partial charge in [0.15, 0.2) is 0 Å². The van der Waals surface area contributed by atoms with Gasteiger partial charge in [-0.25, -0.2) is 0 Å². The molecule has 0 amide bonds. The molecular formula is C35H26F6S2. The van der Waals surface area contributed by atoms with E-state index in [9.17, 15) is 0 Å². The Morgan fingerprint density at radius 3 is 1.23 bits per heavy atom. The Morgan fingerprint density at radius 2 is 0.860 bits per heavy atom. The molecule has 0 bridgehead atoms. The topological polar surface area (TPSA) is 0 Å². The zero-order valence-electron chi connectivity index (χ0n) is 23.2. The molecule has 2 heterocycles. The molecule has 1 aliphatic carbocycles. The van der Waals surface area contributed by atoms with Crippen LogP contribution in [0.1, 0.15) is 25.0 Å². The second kappa shape index (κ2) is 9.45. The Morgan fingerprint density at radius 1 is 0.488 bits per heavy atom. The maximum atomic E-state index is 15.9. The smallest absolute Gasteiger partial charge is 0.194 e. The summed E-state index contributed by atoms with van der Waals surface area (Å²) in [7, 11) is 0. The van der Waals surface area contributed by atoms with Gasteiger partial charge >= 0.3 is 17.8 Å². The molecule has 2 aliphatic heterocycles. The van der Waals surface area contributed by atoms with Crippen molar-refractivity contribution < 1.29 is 26.3 Å². The summed E-state index contributed by atoms with van der Waals surface area (Å²) in [4.78, 5) is 1.26. The molecule has 0 nitrogen and oxygen atoms in total. The Kier molecular flexibility index (Phi) is 6.30. The van der Waals surface area contributed by atoms with Crippen molar-refractivity contribution in [2.24, 2.45) is 0 Å². The fourth-order valence-electron chi connectivity index (χ4n) is 6.79. The van der Waals surface area contributed by atoms with Gasteiger partial charge in [0.1, 0.15) is 0 Å². The van der Waals surface area contributed by atoms with Crippen LogP contribution in [0.2, 0.25) is 0 Å². The summed E-state index contributed by atoms with van der Waals surface area (Å²) in [5.74, 6) is -15.6. The van der Waals surface area contributed by atoms with Crippen molar-refractivity contribution in [3.05, 3.63) is 119 Å². The van der Waals surface area contributed by atoms with Crippen LogP contribution < -0.4 is 0 Å². The van der Waals surface area contributed by atoms with Gasteiger partial charge in [-0.05, 0) is 72.2 Å². The number of rotatable bonds is 4. The van der Waals surface area contributed by atoms with Gasteiger partial charge in [0.25, 0.3) is 0 Å². The molecule has 8 heteroatoms. The Labute approximate surface area is 254 Å². The lowest BCUT2D eigenvalue weighted by Crippen LogP contribution is -2.51. The minimum absolute atomic E-state index is 0.0610. The van der Waals surface area contributed by atoms with E-state index in [0.717, 1.165) is 45.8 Å². The van der Waals surface area contributed by atoms with Crippen molar-refractivity contribution >= 4 is 23.5 Å². The summed E-state index contributed by atoms with van der Waals surface area (Å²) in [5, 5.41) is 0. The monoisotopic (exact) mass is 624 g/mol. The molecule has 0 spiro atoms. The van der Waals surface area contributed by atoms with Crippen molar-refractivity contribution in [1.29, 1.82) is 0 Å². The van der Waals surface area contributed by atoms with Crippen LogP contribution in [-0.4, -0.2) is 27.3 Å². The highest BCUT2D eigenvalue weighted by Gasteiger charge is 2.83. The van der Waals surface area contributed by atoms with Gasteiger partial charge in [-0.1, -0.05) is 84.9 Å². The molecule has 4 aromatic carbocycles. The van der Waals surface area contributed by atoms with E-state index in [2.05, 4.69) is 0 Å². The first-order valence-corrected chi connectivity index (χ1v) is 15.5. The first-order valence-electron chi connectivity index (χ1n) is 13.9. The summed E-state index contributed by atoms with van der Waals surface area (Å²) >= 11 is 1.96. The molecule has 0 saturated heterocycles. The standard InChI is InChI=1S/C35H26F6S2/c1-31(19-25-15-13-23(17-27(25)42-31)21-9-5-3-6-10-21)29-30(34(38,39)35(40,41)33(29,36)37)32(2)20-26-16-14-24(18-28(26)43-32)22-11-7-4-8-12-22/h3-18H,19-20H2,1-2H3. The lowest BCUT2D eigenvalue weighted by atomic mass is 9.82. The molecular weight excluding hydrogens is 599 g/mol. The molecule has 2 unspecified atom stereocenters. The zero-order valence-corrected chi connectivity index (χ0v) is 24.9. The molecule has 43 heavy (non-hydrogen) atoms. The van der Waals surface area contributed by atoms with Crippen LogP contribution in [0.4, 0.5) is 26.3 Å². The summed E-state index contributed by atoms with van der Waals surface area (Å²) in [6.07, 6.45) is -0.122. The summed E-state index contributed by atoms with van der Waals surface area (Å²) < 4.78 is 90.9. The van der Waals surface area contributed by atoms with Crippen LogP contribution in [-0.2, 0) is 12.8 Å². The van der Waals surface area contributed by atoms with Gasteiger partial charge in [0, 0.05) is 30.4 Å². The van der Waals surface area contributed by atoms with Gasteiger partial charge in [0.05, 0.1) is 0 Å². The molecule has 0 fully saturated rings. The predicted octanol–water partition coefficient (Wildman–Crippen LogP) is 10.8. The summed E-state index contributed by atoms with van der Waals surface area (Å²) in [6, 6.07) is 29.8. The molecule has 220 valence electrons. The number of benzene rings is 4. The van der Waals surface area contributed by atoms with Crippen LogP contribution in [0.5, 0.6) is 0 Å². The molecule has 3 aliphatic rings. The molecule has 0 radical (unpaired) electrons. The molecule has 0 aromatic heterocycles. The maximum Gasteiger partial charge on any atom is 0.380 e. The molecule has 4 aromatic rings. The first kappa shape index (κ1) is 28.7. The minimum Gasteiger partial charge on any atom is -0.194 e. The van der Waals surface area contributed by atoms with Gasteiger partial charge < -0.3 is 0 Å². The normalized spacial score (nSPS) is 26.4. The van der Waals surface area contributed by atoms with E-state index in [1.54, 1.807) is 12.1 Å². The van der Waals surface area contributed by atoms with Crippen LogP contribution in [0, 0.1) is 0 Å². The van der Waals surface area contributed by atoms with E-state index in [1.165, 1.54) is 13.8 Å². The van der Waals surface area contributed by atoms with Crippen molar-refractivity contribution in [3.63, 3.8) is 0 Å². The summed E-state index contributed by atoms with van der Waals surface area (Å²) in [5.41, 5.74) is 2.57. The lowest BCUT2D eigenvalue weighted by Gasteiger charge is -2.34. The second-order valence-corrected chi connectivity index (χ2v) is 15.0. The number of fused-ring (bicyclic) bond motifs is 2. The van der Waals surface area contributed by atoms with Gasteiger partial charge in [-0.3, -0.25) is 0 Å². The van der Waals surface area contributed by atoms with E-state index in [-0.39, 0.29) is 12.8 Å². The fraction of sp³-hybridized carbons (Fsp3) is 0.257.